The Labute approximate surface area is 131 Å². The summed E-state index contributed by atoms with van der Waals surface area (Å²) in [4.78, 5) is 0. The molecule has 0 atom stereocenters. The van der Waals surface area contributed by atoms with Crippen LogP contribution < -0.4 is 15.8 Å². The molecule has 1 fully saturated rings. The van der Waals surface area contributed by atoms with E-state index in [0.29, 0.717) is 13.2 Å². The molecule has 1 N–H and O–H groups in total. The summed E-state index contributed by atoms with van der Waals surface area (Å²) in [7, 11) is 3.59. The summed E-state index contributed by atoms with van der Waals surface area (Å²) in [5, 5.41) is 13.6. The molecule has 0 radical (unpaired) electrons. The Morgan fingerprint density at radius 1 is 1.32 bits per heavy atom. The number of methoxy groups -OCH3 is 1. The fraction of sp³-hybridized carbons (Fsp3) is 0.529. The molecule has 5 nitrogen and oxygen atoms in total. The number of hydrogen-bond donors (Lipinski definition) is 1. The zero-order valence-corrected chi connectivity index (χ0v) is 13.9. The first-order valence-corrected chi connectivity index (χ1v) is 7.59. The third kappa shape index (κ3) is 3.05. The van der Waals surface area contributed by atoms with Gasteiger partial charge in [-0.2, -0.15) is 5.10 Å². The van der Waals surface area contributed by atoms with Gasteiger partial charge >= 0.3 is 0 Å². The van der Waals surface area contributed by atoms with Crippen LogP contribution in [-0.4, -0.2) is 43.2 Å². The Balaban J connectivity index is 2.57. The smallest absolute Gasteiger partial charge is 0.156 e. The van der Waals surface area contributed by atoms with Crippen molar-refractivity contribution in [2.45, 2.75) is 32.3 Å². The van der Waals surface area contributed by atoms with Crippen LogP contribution in [-0.2, 0) is 9.47 Å². The van der Waals surface area contributed by atoms with Gasteiger partial charge in [0.25, 0.3) is 0 Å². The molecule has 2 heterocycles. The van der Waals surface area contributed by atoms with Gasteiger partial charge in [-0.15, -0.1) is 5.10 Å². The lowest BCUT2D eigenvalue weighted by atomic mass is 9.86. The SMILES string of the molecule is C=C(C=c1c(NC)nnc(C)/c1=C/C)C1(OC)CCOCC1. The van der Waals surface area contributed by atoms with E-state index < -0.39 is 0 Å². The fourth-order valence-corrected chi connectivity index (χ4v) is 2.91. The monoisotopic (exact) mass is 303 g/mol. The summed E-state index contributed by atoms with van der Waals surface area (Å²) >= 11 is 0. The van der Waals surface area contributed by atoms with Crippen LogP contribution >= 0.6 is 0 Å². The molecule has 2 rings (SSSR count). The molecule has 0 bridgehead atoms. The van der Waals surface area contributed by atoms with Gasteiger partial charge < -0.3 is 14.8 Å². The molecule has 0 aromatic carbocycles. The number of nitrogens with zero attached hydrogens (tertiary/aromatic N) is 2. The van der Waals surface area contributed by atoms with E-state index in [4.69, 9.17) is 9.47 Å². The van der Waals surface area contributed by atoms with Crippen LogP contribution in [0.25, 0.3) is 12.2 Å². The highest BCUT2D eigenvalue weighted by Crippen LogP contribution is 2.32. The van der Waals surface area contributed by atoms with E-state index in [1.54, 1.807) is 7.11 Å². The second kappa shape index (κ2) is 7.03. The van der Waals surface area contributed by atoms with E-state index in [9.17, 15) is 0 Å². The van der Waals surface area contributed by atoms with Crippen molar-refractivity contribution in [3.05, 3.63) is 28.3 Å². The number of aryl methyl sites for hydroxylation is 1. The van der Waals surface area contributed by atoms with E-state index >= 15 is 0 Å². The highest BCUT2D eigenvalue weighted by Gasteiger charge is 2.34. The number of anilines is 1. The topological polar surface area (TPSA) is 56.3 Å². The van der Waals surface area contributed by atoms with Gasteiger partial charge in [-0.05, 0) is 25.5 Å². The molecule has 1 aliphatic heterocycles. The number of hydrogen-bond acceptors (Lipinski definition) is 5. The Bertz CT molecular complexity index is 661. The lowest BCUT2D eigenvalue weighted by Gasteiger charge is -2.36. The van der Waals surface area contributed by atoms with Crippen molar-refractivity contribution in [1.29, 1.82) is 0 Å². The van der Waals surface area contributed by atoms with E-state index in [0.717, 1.165) is 40.4 Å². The van der Waals surface area contributed by atoms with Crippen LogP contribution in [0.4, 0.5) is 5.82 Å². The Morgan fingerprint density at radius 3 is 2.55 bits per heavy atom. The number of ether oxygens (including phenoxy) is 2. The molecule has 0 unspecified atom stereocenters. The lowest BCUT2D eigenvalue weighted by molar-refractivity contribution is -0.0624. The summed E-state index contributed by atoms with van der Waals surface area (Å²) in [6.45, 7) is 9.62. The van der Waals surface area contributed by atoms with Gasteiger partial charge in [0.05, 0.1) is 11.3 Å². The minimum atomic E-state index is -0.356. The first kappa shape index (κ1) is 16.6. The maximum absolute atomic E-state index is 5.81. The second-order valence-corrected chi connectivity index (χ2v) is 5.48. The molecule has 120 valence electrons. The molecule has 1 aromatic rings. The van der Waals surface area contributed by atoms with Crippen LogP contribution in [0.1, 0.15) is 25.5 Å². The van der Waals surface area contributed by atoms with E-state index in [2.05, 4.69) is 28.2 Å². The Morgan fingerprint density at radius 2 is 2.00 bits per heavy atom. The Kier molecular flexibility index (Phi) is 5.32. The summed E-state index contributed by atoms with van der Waals surface area (Å²) in [5.74, 6) is 0.748. The minimum absolute atomic E-state index is 0.356. The van der Waals surface area contributed by atoms with E-state index in [1.165, 1.54) is 0 Å². The molecule has 5 heteroatoms. The molecule has 1 aliphatic rings. The summed E-state index contributed by atoms with van der Waals surface area (Å²) in [6, 6.07) is 0. The molecule has 0 amide bonds. The molecule has 1 aromatic heterocycles. The molecule has 0 aliphatic carbocycles. The molecule has 0 spiro atoms. The summed E-state index contributed by atoms with van der Waals surface area (Å²) < 4.78 is 11.3. The molecule has 22 heavy (non-hydrogen) atoms. The highest BCUT2D eigenvalue weighted by atomic mass is 16.5. The van der Waals surface area contributed by atoms with Gasteiger partial charge in [0.15, 0.2) is 5.82 Å². The predicted octanol–water partition coefficient (Wildman–Crippen LogP) is 1.16. The largest absolute Gasteiger partial charge is 0.381 e. The fourth-order valence-electron chi connectivity index (χ4n) is 2.91. The van der Waals surface area contributed by atoms with Crippen LogP contribution in [0.15, 0.2) is 12.2 Å². The lowest BCUT2D eigenvalue weighted by Crippen LogP contribution is -2.41. The third-order valence-electron chi connectivity index (χ3n) is 4.36. The number of aromatic nitrogens is 2. The van der Waals surface area contributed by atoms with Crippen molar-refractivity contribution < 1.29 is 9.47 Å². The first-order valence-electron chi connectivity index (χ1n) is 7.59. The first-order chi connectivity index (χ1) is 10.6. The third-order valence-corrected chi connectivity index (χ3v) is 4.36. The van der Waals surface area contributed by atoms with Crippen LogP contribution in [0.5, 0.6) is 0 Å². The number of nitrogens with one attached hydrogen (secondary N) is 1. The average Bonchev–Trinajstić information content (AvgIpc) is 2.56. The molecule has 0 saturated carbocycles. The van der Waals surface area contributed by atoms with Gasteiger partial charge in [-0.25, -0.2) is 0 Å². The summed E-state index contributed by atoms with van der Waals surface area (Å²) in [5.41, 5.74) is 1.50. The highest BCUT2D eigenvalue weighted by molar-refractivity contribution is 5.56. The van der Waals surface area contributed by atoms with Gasteiger partial charge in [-0.3, -0.25) is 0 Å². The van der Waals surface area contributed by atoms with Gasteiger partial charge in [-0.1, -0.05) is 12.7 Å². The van der Waals surface area contributed by atoms with E-state index in [1.807, 2.05) is 27.0 Å². The van der Waals surface area contributed by atoms with Crippen LogP contribution in [0, 0.1) is 6.92 Å². The van der Waals surface area contributed by atoms with Crippen molar-refractivity contribution >= 4 is 18.0 Å². The van der Waals surface area contributed by atoms with Gasteiger partial charge in [0.1, 0.15) is 0 Å². The maximum atomic E-state index is 5.81. The van der Waals surface area contributed by atoms with Gasteiger partial charge in [0.2, 0.25) is 0 Å². The normalized spacial score (nSPS) is 19.3. The van der Waals surface area contributed by atoms with E-state index in [-0.39, 0.29) is 5.60 Å². The number of rotatable bonds is 4. The van der Waals surface area contributed by atoms with Crippen molar-refractivity contribution in [3.63, 3.8) is 0 Å². The summed E-state index contributed by atoms with van der Waals surface area (Å²) in [6.07, 6.45) is 5.75. The van der Waals surface area contributed by atoms with Crippen molar-refractivity contribution in [2.24, 2.45) is 0 Å². The van der Waals surface area contributed by atoms with Crippen molar-refractivity contribution in [3.8, 4) is 0 Å². The second-order valence-electron chi connectivity index (χ2n) is 5.48. The van der Waals surface area contributed by atoms with Crippen LogP contribution in [0.3, 0.4) is 0 Å². The molecular formula is C17H25N3O2. The Hall–Kier alpha value is -1.72. The van der Waals surface area contributed by atoms with Gasteiger partial charge in [0, 0.05) is 50.7 Å². The minimum Gasteiger partial charge on any atom is -0.381 e. The molecular weight excluding hydrogens is 278 g/mol. The zero-order chi connectivity index (χ0) is 16.2. The average molecular weight is 303 g/mol. The standard InChI is InChI=1S/C17H25N3O2/c1-6-14-13(3)19-20-16(18-4)15(14)11-12(2)17(21-5)7-9-22-10-8-17/h6,11H,2,7-10H2,1,3-5H3,(H,18,20)/b14-6-,15-11?. The van der Waals surface area contributed by atoms with Crippen LogP contribution in [0.2, 0.25) is 0 Å². The zero-order valence-electron chi connectivity index (χ0n) is 13.9. The van der Waals surface area contributed by atoms with Crippen molar-refractivity contribution in [1.82, 2.24) is 10.2 Å². The van der Waals surface area contributed by atoms with Crippen molar-refractivity contribution in [2.75, 3.05) is 32.7 Å². The maximum Gasteiger partial charge on any atom is 0.156 e. The predicted molar refractivity (Wildman–Crippen MR) is 89.1 cm³/mol. The quantitative estimate of drug-likeness (QED) is 0.904. The molecule has 1 saturated heterocycles.